The third-order valence-corrected chi connectivity index (χ3v) is 6.37. The van der Waals surface area contributed by atoms with Crippen molar-refractivity contribution < 1.29 is 14.3 Å². The van der Waals surface area contributed by atoms with Crippen LogP contribution in [0.15, 0.2) is 31.3 Å². The second kappa shape index (κ2) is 8.09. The lowest BCUT2D eigenvalue weighted by Crippen LogP contribution is -2.35. The van der Waals surface area contributed by atoms with Crippen LogP contribution in [0.2, 0.25) is 0 Å². The Hall–Kier alpha value is -2.06. The predicted molar refractivity (Wildman–Crippen MR) is 106 cm³/mol. The van der Waals surface area contributed by atoms with Crippen molar-refractivity contribution in [3.05, 3.63) is 41.8 Å². The van der Waals surface area contributed by atoms with Gasteiger partial charge in [0.2, 0.25) is 0 Å². The van der Waals surface area contributed by atoms with Crippen molar-refractivity contribution in [1.82, 2.24) is 14.3 Å². The molecular weight excluding hydrogens is 370 g/mol. The van der Waals surface area contributed by atoms with Crippen LogP contribution >= 0.6 is 23.1 Å². The molecule has 1 amide bonds. The molecule has 0 spiro atoms. The number of imidazole rings is 1. The van der Waals surface area contributed by atoms with E-state index in [1.165, 1.54) is 11.8 Å². The van der Waals surface area contributed by atoms with Gasteiger partial charge in [-0.15, -0.1) is 11.3 Å². The van der Waals surface area contributed by atoms with E-state index in [2.05, 4.69) is 11.6 Å². The molecule has 0 N–H and O–H groups in total. The molecule has 1 saturated heterocycles. The van der Waals surface area contributed by atoms with Crippen LogP contribution < -0.4 is 0 Å². The average Bonchev–Trinajstić information content (AvgIpc) is 3.27. The fourth-order valence-electron chi connectivity index (χ4n) is 3.02. The number of hydrogen-bond donors (Lipinski definition) is 0. The van der Waals surface area contributed by atoms with E-state index in [0.717, 1.165) is 21.8 Å². The first kappa shape index (κ1) is 18.7. The molecular formula is C18H21N3O3S2. The molecule has 6 nitrogen and oxygen atoms in total. The number of likely N-dealkylation sites (tertiary alicyclic amines) is 1. The van der Waals surface area contributed by atoms with Crippen molar-refractivity contribution in [3.8, 4) is 0 Å². The summed E-state index contributed by atoms with van der Waals surface area (Å²) in [5.74, 6) is 0. The lowest BCUT2D eigenvalue weighted by molar-refractivity contribution is -0.109. The molecule has 0 aliphatic carbocycles. The van der Waals surface area contributed by atoms with Crippen LogP contribution in [-0.4, -0.2) is 49.9 Å². The number of rotatable bonds is 5. The molecule has 0 radical (unpaired) electrons. The van der Waals surface area contributed by atoms with Crippen molar-refractivity contribution in [3.63, 3.8) is 0 Å². The minimum atomic E-state index is -0.369. The molecule has 0 saturated carbocycles. The summed E-state index contributed by atoms with van der Waals surface area (Å²) in [6.07, 6.45) is 9.62. The van der Waals surface area contributed by atoms with Gasteiger partial charge in [-0.25, -0.2) is 9.78 Å². The van der Waals surface area contributed by atoms with E-state index in [-0.39, 0.29) is 29.1 Å². The molecule has 0 unspecified atom stereocenters. The monoisotopic (exact) mass is 391 g/mol. The molecule has 26 heavy (non-hydrogen) atoms. The molecule has 1 aliphatic heterocycles. The van der Waals surface area contributed by atoms with Gasteiger partial charge in [-0.1, -0.05) is 30.5 Å². The van der Waals surface area contributed by atoms with Crippen molar-refractivity contribution in [2.75, 3.05) is 13.2 Å². The summed E-state index contributed by atoms with van der Waals surface area (Å²) in [7, 11) is 0. The Morgan fingerprint density at radius 2 is 2.35 bits per heavy atom. The number of thioether (sulfide) groups is 1. The lowest BCUT2D eigenvalue weighted by atomic mass is 10.2. The fourth-order valence-corrected chi connectivity index (χ4v) is 5.03. The Morgan fingerprint density at radius 1 is 1.54 bits per heavy atom. The highest BCUT2D eigenvalue weighted by Gasteiger charge is 2.35. The third-order valence-electron chi connectivity index (χ3n) is 4.20. The first-order valence-electron chi connectivity index (χ1n) is 8.30. The highest BCUT2D eigenvalue weighted by molar-refractivity contribution is 8.14. The zero-order valence-electron chi connectivity index (χ0n) is 14.8. The number of ether oxygens (including phenoxy) is 1. The van der Waals surface area contributed by atoms with Gasteiger partial charge in [0.25, 0.3) is 0 Å². The summed E-state index contributed by atoms with van der Waals surface area (Å²) in [5, 5.41) is 0.151. The number of hydrogen-bond acceptors (Lipinski definition) is 6. The van der Waals surface area contributed by atoms with Gasteiger partial charge >= 0.3 is 6.09 Å². The quantitative estimate of drug-likeness (QED) is 0.726. The predicted octanol–water partition coefficient (Wildman–Crippen LogP) is 3.76. The van der Waals surface area contributed by atoms with E-state index in [4.69, 9.17) is 4.74 Å². The molecule has 0 bridgehead atoms. The molecule has 138 valence electrons. The Labute approximate surface area is 160 Å². The van der Waals surface area contributed by atoms with Gasteiger partial charge in [0.05, 0.1) is 12.2 Å². The summed E-state index contributed by atoms with van der Waals surface area (Å²) in [5.41, 5.74) is 1.12. The molecule has 2 aromatic heterocycles. The minimum absolute atomic E-state index is 0.0655. The summed E-state index contributed by atoms with van der Waals surface area (Å²) in [4.78, 5) is 31.8. The fraction of sp³-hybridized carbons (Fsp3) is 0.389. The number of aryl methyl sites for hydroxylation is 1. The number of aromatic nitrogens is 2. The molecule has 3 heterocycles. The lowest BCUT2D eigenvalue weighted by Gasteiger charge is -2.21. The highest BCUT2D eigenvalue weighted by Crippen LogP contribution is 2.31. The zero-order chi connectivity index (χ0) is 18.7. The minimum Gasteiger partial charge on any atom is -0.445 e. The van der Waals surface area contributed by atoms with Crippen LogP contribution in [0.3, 0.4) is 0 Å². The van der Waals surface area contributed by atoms with Crippen LogP contribution in [0.5, 0.6) is 0 Å². The van der Waals surface area contributed by atoms with E-state index in [1.807, 2.05) is 29.7 Å². The number of thiazole rings is 1. The van der Waals surface area contributed by atoms with E-state index in [1.54, 1.807) is 35.6 Å². The van der Waals surface area contributed by atoms with E-state index in [9.17, 15) is 9.59 Å². The SMILES string of the molecule is C=CCOC(=O)N1C[C@@H](SC(C)=O)C[C@H]1C=Cc1sc2cncn2c1C. The van der Waals surface area contributed by atoms with E-state index in [0.29, 0.717) is 6.54 Å². The molecule has 3 rings (SSSR count). The maximum atomic E-state index is 12.3. The standard InChI is InChI=1S/C18H21N3O3S2/c1-4-7-24-18(23)20-10-15(25-13(3)22)8-14(20)5-6-16-12(2)21-11-19-9-17(21)26-16/h4-6,9,11,14-15H,1,7-8,10H2,2-3H3/t14-,15+/m1/s1. The Balaban J connectivity index is 1.78. The zero-order valence-corrected chi connectivity index (χ0v) is 16.4. The smallest absolute Gasteiger partial charge is 0.410 e. The third kappa shape index (κ3) is 4.02. The number of carbonyl (C=O) groups is 2. The van der Waals surface area contributed by atoms with Crippen LogP contribution in [0, 0.1) is 6.92 Å². The second-order valence-electron chi connectivity index (χ2n) is 6.07. The Kier molecular flexibility index (Phi) is 5.83. The summed E-state index contributed by atoms with van der Waals surface area (Å²) in [6, 6.07) is -0.0943. The first-order chi connectivity index (χ1) is 12.5. The normalized spacial score (nSPS) is 20.2. The van der Waals surface area contributed by atoms with Gasteiger partial charge in [-0.2, -0.15) is 0 Å². The summed E-state index contributed by atoms with van der Waals surface area (Å²) < 4.78 is 7.25. The molecule has 2 atom stereocenters. The summed E-state index contributed by atoms with van der Waals surface area (Å²) in [6.45, 7) is 7.85. The highest BCUT2D eigenvalue weighted by atomic mass is 32.2. The van der Waals surface area contributed by atoms with Crippen molar-refractivity contribution in [2.45, 2.75) is 31.6 Å². The largest absolute Gasteiger partial charge is 0.445 e. The van der Waals surface area contributed by atoms with Crippen molar-refractivity contribution >= 4 is 45.2 Å². The van der Waals surface area contributed by atoms with Crippen molar-refractivity contribution in [1.29, 1.82) is 0 Å². The molecule has 0 aromatic carbocycles. The van der Waals surface area contributed by atoms with Gasteiger partial charge in [0.15, 0.2) is 5.12 Å². The van der Waals surface area contributed by atoms with Gasteiger partial charge < -0.3 is 9.64 Å². The van der Waals surface area contributed by atoms with Crippen molar-refractivity contribution in [2.24, 2.45) is 0 Å². The average molecular weight is 392 g/mol. The van der Waals surface area contributed by atoms with Crippen LogP contribution in [0.4, 0.5) is 4.79 Å². The Morgan fingerprint density at radius 3 is 3.04 bits per heavy atom. The molecule has 1 fully saturated rings. The number of carbonyl (C=O) groups excluding carboxylic acids is 2. The second-order valence-corrected chi connectivity index (χ2v) is 8.60. The molecule has 2 aromatic rings. The number of nitrogens with zero attached hydrogens (tertiary/aromatic N) is 3. The van der Waals surface area contributed by atoms with Gasteiger partial charge in [0.1, 0.15) is 17.8 Å². The van der Waals surface area contributed by atoms with E-state index < -0.39 is 0 Å². The van der Waals surface area contributed by atoms with Crippen LogP contribution in [0.25, 0.3) is 10.9 Å². The molecule has 8 heteroatoms. The van der Waals surface area contributed by atoms with Crippen LogP contribution in [0.1, 0.15) is 23.9 Å². The Bertz CT molecular complexity index is 855. The van der Waals surface area contributed by atoms with E-state index >= 15 is 0 Å². The van der Waals surface area contributed by atoms with Gasteiger partial charge in [-0.3, -0.25) is 9.20 Å². The van der Waals surface area contributed by atoms with Gasteiger partial charge in [0, 0.05) is 29.3 Å². The topological polar surface area (TPSA) is 63.9 Å². The van der Waals surface area contributed by atoms with Crippen LogP contribution in [-0.2, 0) is 9.53 Å². The first-order valence-corrected chi connectivity index (χ1v) is 10.0. The number of amides is 1. The summed E-state index contributed by atoms with van der Waals surface area (Å²) >= 11 is 2.94. The maximum absolute atomic E-state index is 12.3. The van der Waals surface area contributed by atoms with Gasteiger partial charge in [-0.05, 0) is 19.4 Å². The molecule has 1 aliphatic rings. The number of fused-ring (bicyclic) bond motifs is 1. The maximum Gasteiger partial charge on any atom is 0.410 e.